The Bertz CT molecular complexity index is 575. The molecule has 0 saturated carbocycles. The highest BCUT2D eigenvalue weighted by Crippen LogP contribution is 2.12. The molecular weight excluding hydrogens is 254 g/mol. The average molecular weight is 264 g/mol. The van der Waals surface area contributed by atoms with E-state index in [9.17, 15) is 4.79 Å². The number of carbonyl (C=O) groups excluding carboxylic acids is 1. The highest BCUT2D eigenvalue weighted by molar-refractivity contribution is 6.29. The molecule has 0 aliphatic rings. The van der Waals surface area contributed by atoms with Crippen LogP contribution in [0.2, 0.25) is 5.15 Å². The fourth-order valence-electron chi connectivity index (χ4n) is 1.39. The van der Waals surface area contributed by atoms with Crippen molar-refractivity contribution in [3.8, 4) is 0 Å². The average Bonchev–Trinajstić information content (AvgIpc) is 2.39. The molecule has 2 N–H and O–H groups in total. The van der Waals surface area contributed by atoms with Crippen molar-refractivity contribution in [2.24, 2.45) is 0 Å². The number of benzene rings is 1. The smallest absolute Gasteiger partial charge is 0.275 e. The van der Waals surface area contributed by atoms with E-state index in [1.165, 1.54) is 12.4 Å². The minimum Gasteiger partial charge on any atom is -0.392 e. The number of anilines is 1. The van der Waals surface area contributed by atoms with E-state index in [0.717, 1.165) is 0 Å². The largest absolute Gasteiger partial charge is 0.392 e. The topological polar surface area (TPSA) is 75.1 Å². The summed E-state index contributed by atoms with van der Waals surface area (Å²) in [5.74, 6) is -0.403. The van der Waals surface area contributed by atoms with Gasteiger partial charge in [0.05, 0.1) is 19.0 Å². The highest BCUT2D eigenvalue weighted by atomic mass is 35.5. The van der Waals surface area contributed by atoms with Crippen LogP contribution in [-0.2, 0) is 6.61 Å². The first-order valence-corrected chi connectivity index (χ1v) is 5.55. The first-order chi connectivity index (χ1) is 8.69. The van der Waals surface area contributed by atoms with Gasteiger partial charge in [-0.2, -0.15) is 0 Å². The van der Waals surface area contributed by atoms with Gasteiger partial charge in [-0.15, -0.1) is 0 Å². The van der Waals surface area contributed by atoms with Crippen LogP contribution in [0.4, 0.5) is 5.69 Å². The maximum atomic E-state index is 11.8. The number of aliphatic hydroxyl groups excluding tert-OH is 1. The molecule has 0 bridgehead atoms. The lowest BCUT2D eigenvalue weighted by atomic mass is 10.2. The molecule has 0 aliphatic carbocycles. The number of nitrogens with zero attached hydrogens (tertiary/aromatic N) is 2. The molecule has 18 heavy (non-hydrogen) atoms. The summed E-state index contributed by atoms with van der Waals surface area (Å²) in [6, 6.07) is 6.89. The van der Waals surface area contributed by atoms with Crippen LogP contribution < -0.4 is 5.32 Å². The SMILES string of the molecule is O=C(Nc1cccc(CO)c1)c1cncc(Cl)n1. The number of amides is 1. The van der Waals surface area contributed by atoms with Gasteiger partial charge >= 0.3 is 0 Å². The number of carbonyl (C=O) groups is 1. The van der Waals surface area contributed by atoms with Gasteiger partial charge in [-0.3, -0.25) is 9.78 Å². The van der Waals surface area contributed by atoms with Gasteiger partial charge in [0.15, 0.2) is 0 Å². The van der Waals surface area contributed by atoms with Crippen molar-refractivity contribution in [2.45, 2.75) is 6.61 Å². The first-order valence-electron chi connectivity index (χ1n) is 5.18. The summed E-state index contributed by atoms with van der Waals surface area (Å²) in [5.41, 5.74) is 1.43. The zero-order valence-corrected chi connectivity index (χ0v) is 10.1. The molecule has 1 aromatic carbocycles. The van der Waals surface area contributed by atoms with Gasteiger partial charge in [0.25, 0.3) is 5.91 Å². The Labute approximate surface area is 108 Å². The zero-order valence-electron chi connectivity index (χ0n) is 9.30. The van der Waals surface area contributed by atoms with E-state index in [-0.39, 0.29) is 17.5 Å². The van der Waals surface area contributed by atoms with Crippen molar-refractivity contribution in [2.75, 3.05) is 5.32 Å². The third-order valence-corrected chi connectivity index (χ3v) is 2.39. The van der Waals surface area contributed by atoms with E-state index in [4.69, 9.17) is 16.7 Å². The van der Waals surface area contributed by atoms with Crippen LogP contribution in [0.1, 0.15) is 16.1 Å². The fourth-order valence-corrected chi connectivity index (χ4v) is 1.54. The van der Waals surface area contributed by atoms with Crippen molar-refractivity contribution in [1.82, 2.24) is 9.97 Å². The Kier molecular flexibility index (Phi) is 3.86. The van der Waals surface area contributed by atoms with E-state index < -0.39 is 5.91 Å². The van der Waals surface area contributed by atoms with E-state index >= 15 is 0 Å². The second-order valence-corrected chi connectivity index (χ2v) is 3.93. The molecule has 0 aliphatic heterocycles. The number of halogens is 1. The molecule has 0 unspecified atom stereocenters. The highest BCUT2D eigenvalue weighted by Gasteiger charge is 2.08. The zero-order chi connectivity index (χ0) is 13.0. The Hall–Kier alpha value is -1.98. The molecular formula is C12H10ClN3O2. The maximum Gasteiger partial charge on any atom is 0.275 e. The quantitative estimate of drug-likeness (QED) is 0.887. The van der Waals surface area contributed by atoms with Crippen molar-refractivity contribution in [3.05, 3.63) is 53.1 Å². The third kappa shape index (κ3) is 3.03. The fraction of sp³-hybridized carbons (Fsp3) is 0.0833. The summed E-state index contributed by atoms with van der Waals surface area (Å²) in [5, 5.41) is 11.8. The summed E-state index contributed by atoms with van der Waals surface area (Å²) < 4.78 is 0. The van der Waals surface area contributed by atoms with Gasteiger partial charge in [-0.05, 0) is 17.7 Å². The molecule has 2 aromatic rings. The Morgan fingerprint density at radius 1 is 1.39 bits per heavy atom. The van der Waals surface area contributed by atoms with Crippen molar-refractivity contribution >= 4 is 23.2 Å². The van der Waals surface area contributed by atoms with E-state index in [1.54, 1.807) is 24.3 Å². The predicted octanol–water partition coefficient (Wildman–Crippen LogP) is 1.87. The van der Waals surface area contributed by atoms with Gasteiger partial charge in [0, 0.05) is 5.69 Å². The monoisotopic (exact) mass is 263 g/mol. The van der Waals surface area contributed by atoms with E-state index in [1.807, 2.05) is 0 Å². The van der Waals surface area contributed by atoms with Crippen LogP contribution in [0.15, 0.2) is 36.7 Å². The Balaban J connectivity index is 2.16. The van der Waals surface area contributed by atoms with Gasteiger partial charge < -0.3 is 10.4 Å². The molecule has 0 fully saturated rings. The number of rotatable bonds is 3. The molecule has 5 nitrogen and oxygen atoms in total. The molecule has 1 amide bonds. The van der Waals surface area contributed by atoms with Gasteiger partial charge in [-0.25, -0.2) is 4.98 Å². The Morgan fingerprint density at radius 3 is 2.94 bits per heavy atom. The molecule has 0 atom stereocenters. The molecule has 0 radical (unpaired) electrons. The molecule has 0 spiro atoms. The van der Waals surface area contributed by atoms with Crippen LogP contribution in [0.25, 0.3) is 0 Å². The molecule has 2 rings (SSSR count). The standard InChI is InChI=1S/C12H10ClN3O2/c13-11-6-14-5-10(16-11)12(18)15-9-3-1-2-8(4-9)7-17/h1-6,17H,7H2,(H,15,18). The van der Waals surface area contributed by atoms with Crippen LogP contribution in [0, 0.1) is 0 Å². The third-order valence-electron chi connectivity index (χ3n) is 2.21. The summed E-state index contributed by atoms with van der Waals surface area (Å²) in [6.45, 7) is -0.0827. The van der Waals surface area contributed by atoms with Crippen LogP contribution in [0.3, 0.4) is 0 Å². The summed E-state index contributed by atoms with van der Waals surface area (Å²) in [7, 11) is 0. The number of nitrogens with one attached hydrogen (secondary N) is 1. The number of hydrogen-bond donors (Lipinski definition) is 2. The number of hydrogen-bond acceptors (Lipinski definition) is 4. The van der Waals surface area contributed by atoms with Crippen LogP contribution in [0.5, 0.6) is 0 Å². The lowest BCUT2D eigenvalue weighted by Gasteiger charge is -2.05. The maximum absolute atomic E-state index is 11.8. The second kappa shape index (κ2) is 5.57. The molecule has 1 aromatic heterocycles. The summed E-state index contributed by atoms with van der Waals surface area (Å²) in [4.78, 5) is 19.5. The van der Waals surface area contributed by atoms with Gasteiger partial charge in [0.2, 0.25) is 0 Å². The molecule has 1 heterocycles. The minimum absolute atomic E-state index is 0.0827. The first kappa shape index (κ1) is 12.5. The van der Waals surface area contributed by atoms with Gasteiger partial charge in [0.1, 0.15) is 10.8 Å². The minimum atomic E-state index is -0.403. The van der Waals surface area contributed by atoms with E-state index in [0.29, 0.717) is 11.3 Å². The lowest BCUT2D eigenvalue weighted by Crippen LogP contribution is -2.14. The van der Waals surface area contributed by atoms with E-state index in [2.05, 4.69) is 15.3 Å². The van der Waals surface area contributed by atoms with Crippen molar-refractivity contribution in [1.29, 1.82) is 0 Å². The van der Waals surface area contributed by atoms with Crippen LogP contribution >= 0.6 is 11.6 Å². The Morgan fingerprint density at radius 2 is 2.22 bits per heavy atom. The van der Waals surface area contributed by atoms with Crippen molar-refractivity contribution in [3.63, 3.8) is 0 Å². The molecule has 92 valence electrons. The number of aliphatic hydroxyl groups is 1. The second-order valence-electron chi connectivity index (χ2n) is 3.54. The predicted molar refractivity (Wildman–Crippen MR) is 67.4 cm³/mol. The molecule has 0 saturated heterocycles. The van der Waals surface area contributed by atoms with Gasteiger partial charge in [-0.1, -0.05) is 23.7 Å². The normalized spacial score (nSPS) is 10.1. The summed E-state index contributed by atoms with van der Waals surface area (Å²) in [6.07, 6.45) is 2.68. The van der Waals surface area contributed by atoms with Crippen LogP contribution in [-0.4, -0.2) is 21.0 Å². The van der Waals surface area contributed by atoms with Crippen molar-refractivity contribution < 1.29 is 9.90 Å². The lowest BCUT2D eigenvalue weighted by molar-refractivity contribution is 0.102. The molecule has 6 heteroatoms. The number of aromatic nitrogens is 2. The summed E-state index contributed by atoms with van der Waals surface area (Å²) >= 11 is 5.65.